The molecule has 0 radical (unpaired) electrons. The lowest BCUT2D eigenvalue weighted by molar-refractivity contribution is -0.109. The fourth-order valence-electron chi connectivity index (χ4n) is 3.33. The highest BCUT2D eigenvalue weighted by molar-refractivity contribution is 7.88. The summed E-state index contributed by atoms with van der Waals surface area (Å²) in [5, 5.41) is 5.73. The molecule has 1 fully saturated rings. The van der Waals surface area contributed by atoms with Crippen LogP contribution in [0.4, 0.5) is 13.2 Å². The van der Waals surface area contributed by atoms with Gasteiger partial charge in [0.05, 0.1) is 0 Å². The molecule has 1 aliphatic heterocycles. The summed E-state index contributed by atoms with van der Waals surface area (Å²) < 4.78 is 62.1. The van der Waals surface area contributed by atoms with Gasteiger partial charge in [0.2, 0.25) is 6.41 Å². The largest absolute Gasteiger partial charge is 0.534 e. The van der Waals surface area contributed by atoms with E-state index in [1.165, 1.54) is 50.7 Å². The first kappa shape index (κ1) is 35.4. The summed E-state index contributed by atoms with van der Waals surface area (Å²) in [5.41, 5.74) is -3.69. The summed E-state index contributed by atoms with van der Waals surface area (Å²) in [7, 11) is -5.60. The van der Waals surface area contributed by atoms with Crippen molar-refractivity contribution in [1.82, 2.24) is 10.6 Å². The van der Waals surface area contributed by atoms with Crippen molar-refractivity contribution in [3.05, 3.63) is 29.3 Å². The summed E-state index contributed by atoms with van der Waals surface area (Å²) in [4.78, 5) is 9.87. The van der Waals surface area contributed by atoms with Crippen LogP contribution in [-0.2, 0) is 27.9 Å². The SMILES string of the molecule is CC.CC.CCC.O=CNCCC1CCCC1.O=S(=O)(Oc1ccc2c(c1)CNCC2)C(F)(F)F. The average Bonchev–Trinajstić information content (AvgIpc) is 3.35. The zero-order valence-corrected chi connectivity index (χ0v) is 22.9. The zero-order valence-electron chi connectivity index (χ0n) is 22.1. The standard InChI is InChI=1S/C10H10F3NO3S.C8H15NO.C3H8.2C2H6/c11-10(12,13)18(15,16)17-9-2-1-7-3-4-14-6-8(7)5-9;10-7-9-6-5-8-3-1-2-4-8;1-3-2;2*1-2/h1-2,5,14H,3-4,6H2;7-8H,1-6H2,(H,9,10);3H2,1-2H3;2*1-2H3. The van der Waals surface area contributed by atoms with E-state index in [9.17, 15) is 26.4 Å². The zero-order chi connectivity index (χ0) is 27.3. The van der Waals surface area contributed by atoms with Crippen molar-refractivity contribution in [3.63, 3.8) is 0 Å². The van der Waals surface area contributed by atoms with Crippen LogP contribution in [0.25, 0.3) is 0 Å². The summed E-state index contributed by atoms with van der Waals surface area (Å²) >= 11 is 0. The van der Waals surface area contributed by atoms with Gasteiger partial charge < -0.3 is 14.8 Å². The molecule has 206 valence electrons. The number of rotatable bonds is 6. The molecule has 0 spiro atoms. The average molecular weight is 527 g/mol. The van der Waals surface area contributed by atoms with Gasteiger partial charge in [-0.2, -0.15) is 21.6 Å². The summed E-state index contributed by atoms with van der Waals surface area (Å²) in [6.07, 6.45) is 9.51. The number of nitrogens with one attached hydrogen (secondary N) is 2. The van der Waals surface area contributed by atoms with Crippen LogP contribution in [0.3, 0.4) is 0 Å². The maximum absolute atomic E-state index is 12.1. The Bertz CT molecular complexity index is 766. The molecule has 3 rings (SSSR count). The maximum atomic E-state index is 12.1. The molecule has 1 aromatic carbocycles. The van der Waals surface area contributed by atoms with E-state index in [1.54, 1.807) is 6.07 Å². The van der Waals surface area contributed by atoms with Crippen LogP contribution in [0.2, 0.25) is 0 Å². The van der Waals surface area contributed by atoms with Gasteiger partial charge in [0, 0.05) is 13.1 Å². The number of carbonyl (C=O) groups excluding carboxylic acids is 1. The molecule has 2 aliphatic rings. The predicted octanol–water partition coefficient (Wildman–Crippen LogP) is 6.34. The highest BCUT2D eigenvalue weighted by Gasteiger charge is 2.48. The van der Waals surface area contributed by atoms with Crippen LogP contribution in [0, 0.1) is 5.92 Å². The van der Waals surface area contributed by atoms with Gasteiger partial charge in [-0.3, -0.25) is 4.79 Å². The Hall–Kier alpha value is -1.81. The highest BCUT2D eigenvalue weighted by Crippen LogP contribution is 2.29. The van der Waals surface area contributed by atoms with E-state index in [1.807, 2.05) is 27.7 Å². The first-order valence-electron chi connectivity index (χ1n) is 12.6. The molecule has 35 heavy (non-hydrogen) atoms. The lowest BCUT2D eigenvalue weighted by Crippen LogP contribution is -2.28. The fourth-order valence-corrected chi connectivity index (χ4v) is 3.78. The van der Waals surface area contributed by atoms with Gasteiger partial charge in [-0.1, -0.05) is 79.7 Å². The Labute approximate surface area is 210 Å². The number of carbonyl (C=O) groups is 1. The van der Waals surface area contributed by atoms with Crippen molar-refractivity contribution >= 4 is 16.5 Å². The minimum Gasteiger partial charge on any atom is -0.376 e. The van der Waals surface area contributed by atoms with E-state index in [0.29, 0.717) is 6.54 Å². The van der Waals surface area contributed by atoms with Gasteiger partial charge in [0.15, 0.2) is 0 Å². The molecule has 0 aromatic heterocycles. The minimum atomic E-state index is -5.60. The smallest absolute Gasteiger partial charge is 0.376 e. The number of hydrogen-bond acceptors (Lipinski definition) is 5. The third-order valence-corrected chi connectivity index (χ3v) is 5.79. The van der Waals surface area contributed by atoms with E-state index in [2.05, 4.69) is 28.7 Å². The molecule has 6 nitrogen and oxygen atoms in total. The first-order chi connectivity index (χ1) is 16.6. The molecule has 10 heteroatoms. The second-order valence-corrected chi connectivity index (χ2v) is 9.10. The Morgan fingerprint density at radius 1 is 1.09 bits per heavy atom. The van der Waals surface area contributed by atoms with E-state index < -0.39 is 15.6 Å². The Morgan fingerprint density at radius 3 is 2.17 bits per heavy atom. The number of alkyl halides is 3. The number of halogens is 3. The van der Waals surface area contributed by atoms with Crippen molar-refractivity contribution in [2.24, 2.45) is 5.92 Å². The molecule has 1 heterocycles. The quantitative estimate of drug-likeness (QED) is 0.196. The molecule has 0 atom stereocenters. The summed E-state index contributed by atoms with van der Waals surface area (Å²) in [6, 6.07) is 4.12. The van der Waals surface area contributed by atoms with E-state index in [-0.39, 0.29) is 5.75 Å². The van der Waals surface area contributed by atoms with Crippen molar-refractivity contribution in [2.75, 3.05) is 13.1 Å². The van der Waals surface area contributed by atoms with Gasteiger partial charge in [-0.05, 0) is 48.6 Å². The number of amides is 1. The van der Waals surface area contributed by atoms with E-state index in [0.717, 1.165) is 43.0 Å². The van der Waals surface area contributed by atoms with Gasteiger partial charge in [-0.25, -0.2) is 0 Å². The van der Waals surface area contributed by atoms with Gasteiger partial charge >= 0.3 is 15.6 Å². The van der Waals surface area contributed by atoms with Crippen molar-refractivity contribution in [1.29, 1.82) is 0 Å². The maximum Gasteiger partial charge on any atom is 0.534 e. The molecule has 1 aliphatic carbocycles. The van der Waals surface area contributed by atoms with Crippen molar-refractivity contribution in [3.8, 4) is 5.75 Å². The van der Waals surface area contributed by atoms with E-state index >= 15 is 0 Å². The lowest BCUT2D eigenvalue weighted by Gasteiger charge is -2.18. The fraction of sp³-hybridized carbons (Fsp3) is 0.720. The molecule has 1 saturated carbocycles. The molecule has 1 amide bonds. The van der Waals surface area contributed by atoms with Crippen molar-refractivity contribution in [2.45, 2.75) is 98.5 Å². The molecular formula is C25H45F3N2O4S. The van der Waals surface area contributed by atoms with Crippen LogP contribution in [-0.4, -0.2) is 33.4 Å². The lowest BCUT2D eigenvalue weighted by atomic mass is 10.0. The summed E-state index contributed by atoms with van der Waals surface area (Å²) in [5.74, 6) is 0.572. The number of hydrogen-bond donors (Lipinski definition) is 2. The molecule has 2 N–H and O–H groups in total. The highest BCUT2D eigenvalue weighted by atomic mass is 32.2. The van der Waals surface area contributed by atoms with Crippen LogP contribution in [0.1, 0.15) is 91.2 Å². The van der Waals surface area contributed by atoms with E-state index in [4.69, 9.17) is 0 Å². The Kier molecular flexibility index (Phi) is 20.6. The summed E-state index contributed by atoms with van der Waals surface area (Å²) in [6.45, 7) is 14.4. The molecule has 0 bridgehead atoms. The Morgan fingerprint density at radius 2 is 1.66 bits per heavy atom. The second-order valence-electron chi connectivity index (χ2n) is 7.56. The number of fused-ring (bicyclic) bond motifs is 1. The topological polar surface area (TPSA) is 84.5 Å². The van der Waals surface area contributed by atoms with Gasteiger partial charge in [0.25, 0.3) is 0 Å². The Balaban J connectivity index is 0. The minimum absolute atomic E-state index is 0.324. The van der Waals surface area contributed by atoms with Crippen LogP contribution < -0.4 is 14.8 Å². The molecular weight excluding hydrogens is 481 g/mol. The second kappa shape index (κ2) is 20.4. The number of benzene rings is 1. The first-order valence-corrected chi connectivity index (χ1v) is 14.1. The van der Waals surface area contributed by atoms with Gasteiger partial charge in [0.1, 0.15) is 5.75 Å². The van der Waals surface area contributed by atoms with Crippen LogP contribution >= 0.6 is 0 Å². The van der Waals surface area contributed by atoms with Gasteiger partial charge in [-0.15, -0.1) is 0 Å². The van der Waals surface area contributed by atoms with Crippen LogP contribution in [0.5, 0.6) is 5.75 Å². The third-order valence-electron chi connectivity index (χ3n) is 4.81. The molecule has 1 aromatic rings. The molecule has 0 unspecified atom stereocenters. The molecule has 0 saturated heterocycles. The van der Waals surface area contributed by atoms with Crippen molar-refractivity contribution < 1.29 is 30.6 Å². The monoisotopic (exact) mass is 526 g/mol. The third kappa shape index (κ3) is 15.0. The predicted molar refractivity (Wildman–Crippen MR) is 137 cm³/mol. The van der Waals surface area contributed by atoms with Crippen LogP contribution in [0.15, 0.2) is 18.2 Å². The normalized spacial score (nSPS) is 14.7.